The molecule has 12 heteroatoms. The summed E-state index contributed by atoms with van der Waals surface area (Å²) >= 11 is 0. The Morgan fingerprint density at radius 3 is 2.46 bits per heavy atom. The number of halogens is 2. The number of rotatable bonds is 12. The van der Waals surface area contributed by atoms with E-state index in [1.165, 1.54) is 12.5 Å². The average molecular weight is 733 g/mol. The summed E-state index contributed by atoms with van der Waals surface area (Å²) in [6, 6.07) is 24.4. The van der Waals surface area contributed by atoms with Gasteiger partial charge in [-0.15, -0.1) is 0 Å². The lowest BCUT2D eigenvalue weighted by Crippen LogP contribution is -2.45. The predicted octanol–water partition coefficient (Wildman–Crippen LogP) is 9.08. The van der Waals surface area contributed by atoms with Crippen molar-refractivity contribution in [1.29, 1.82) is 0 Å². The fourth-order valence-corrected chi connectivity index (χ4v) is 7.08. The van der Waals surface area contributed by atoms with Crippen LogP contribution in [-0.4, -0.2) is 69.5 Å². The van der Waals surface area contributed by atoms with Crippen molar-refractivity contribution in [2.45, 2.75) is 46.6 Å². The van der Waals surface area contributed by atoms with E-state index >= 15 is 0 Å². The zero-order valence-corrected chi connectivity index (χ0v) is 30.0. The lowest BCUT2D eigenvalue weighted by Gasteiger charge is -2.39. The van der Waals surface area contributed by atoms with E-state index in [1.54, 1.807) is 37.6 Å². The Morgan fingerprint density at radius 1 is 0.944 bits per heavy atom. The Bertz CT molecular complexity index is 2210. The molecule has 3 aromatic carbocycles. The van der Waals surface area contributed by atoms with Gasteiger partial charge < -0.3 is 25.2 Å². The van der Waals surface area contributed by atoms with Crippen molar-refractivity contribution in [1.82, 2.24) is 24.3 Å². The summed E-state index contributed by atoms with van der Waals surface area (Å²) in [7, 11) is 1.66. The summed E-state index contributed by atoms with van der Waals surface area (Å²) in [6.07, 6.45) is 7.00. The second-order valence-corrected chi connectivity index (χ2v) is 13.0. The number of nitrogens with one attached hydrogen (secondary N) is 2. The van der Waals surface area contributed by atoms with Gasteiger partial charge in [0.2, 0.25) is 5.95 Å². The molecular weight excluding hydrogens is 687 g/mol. The third-order valence-corrected chi connectivity index (χ3v) is 9.72. The number of hydrogen-bond acceptors (Lipinski definition) is 8. The molecule has 6 aromatic rings. The summed E-state index contributed by atoms with van der Waals surface area (Å²) in [5.41, 5.74) is 4.66. The second kappa shape index (κ2) is 16.9. The van der Waals surface area contributed by atoms with Crippen LogP contribution >= 0.6 is 0 Å². The number of carbonyl (C=O) groups excluding carboxylic acids is 1. The number of imidazole rings is 1. The number of pyridine rings is 1. The molecule has 0 atom stereocenters. The number of piperidine rings is 1. The first-order valence-electron chi connectivity index (χ1n) is 18.0. The van der Waals surface area contributed by atoms with Gasteiger partial charge in [0.15, 0.2) is 0 Å². The van der Waals surface area contributed by atoms with E-state index < -0.39 is 23.2 Å². The molecule has 0 saturated carbocycles. The first-order chi connectivity index (χ1) is 25.9. The predicted molar refractivity (Wildman–Crippen MR) is 212 cm³/mol. The van der Waals surface area contributed by atoms with Crippen molar-refractivity contribution in [2.75, 3.05) is 48.8 Å². The minimum atomic E-state index is -0.861. The van der Waals surface area contributed by atoms with Crippen LogP contribution < -0.4 is 20.3 Å². The van der Waals surface area contributed by atoms with Crippen LogP contribution in [-0.2, 0) is 0 Å². The van der Waals surface area contributed by atoms with Gasteiger partial charge in [0.25, 0.3) is 5.91 Å². The summed E-state index contributed by atoms with van der Waals surface area (Å²) in [5.74, 6) is -1.34. The number of methoxy groups -OCH3 is 1. The van der Waals surface area contributed by atoms with E-state index in [9.17, 15) is 13.6 Å². The van der Waals surface area contributed by atoms with E-state index in [0.29, 0.717) is 46.0 Å². The van der Waals surface area contributed by atoms with Gasteiger partial charge in [0.05, 0.1) is 29.9 Å². The van der Waals surface area contributed by atoms with Crippen LogP contribution in [0.1, 0.15) is 50.9 Å². The van der Waals surface area contributed by atoms with Gasteiger partial charge in [0, 0.05) is 54.4 Å². The van der Waals surface area contributed by atoms with Crippen molar-refractivity contribution in [3.63, 3.8) is 0 Å². The van der Waals surface area contributed by atoms with E-state index in [-0.39, 0.29) is 13.0 Å². The zero-order valence-electron chi connectivity index (χ0n) is 30.0. The number of anilines is 4. The molecule has 1 saturated heterocycles. The van der Waals surface area contributed by atoms with Crippen LogP contribution in [0.2, 0.25) is 0 Å². The second-order valence-electron chi connectivity index (χ2n) is 13.0. The number of nitrogens with zero attached hydrogens (tertiary/aromatic N) is 6. The summed E-state index contributed by atoms with van der Waals surface area (Å²) < 4.78 is 36.4. The molecule has 10 nitrogen and oxygen atoms in total. The molecule has 1 aliphatic rings. The normalized spacial score (nSPS) is 13.2. The topological polar surface area (TPSA) is 99.9 Å². The number of benzene rings is 3. The molecule has 0 aliphatic carbocycles. The monoisotopic (exact) mass is 732 g/mol. The first-order valence-corrected chi connectivity index (χ1v) is 18.0. The highest BCUT2D eigenvalue weighted by Gasteiger charge is 2.25. The van der Waals surface area contributed by atoms with Crippen LogP contribution in [0.15, 0.2) is 97.3 Å². The first kappa shape index (κ1) is 37.9. The molecular formula is C42H46F2N8O2. The fourth-order valence-electron chi connectivity index (χ4n) is 7.08. The molecule has 0 bridgehead atoms. The van der Waals surface area contributed by atoms with Gasteiger partial charge in [-0.1, -0.05) is 45.5 Å². The van der Waals surface area contributed by atoms with Crippen molar-refractivity contribution in [3.8, 4) is 28.4 Å². The van der Waals surface area contributed by atoms with Gasteiger partial charge in [0.1, 0.15) is 28.7 Å². The average Bonchev–Trinajstić information content (AvgIpc) is 3.59. The molecule has 0 spiro atoms. The van der Waals surface area contributed by atoms with E-state index in [2.05, 4.69) is 51.4 Å². The third kappa shape index (κ3) is 7.89. The Kier molecular flexibility index (Phi) is 11.8. The van der Waals surface area contributed by atoms with Crippen molar-refractivity contribution in [3.05, 3.63) is 115 Å². The molecule has 4 heterocycles. The molecule has 7 rings (SSSR count). The Hall–Kier alpha value is -5.88. The van der Waals surface area contributed by atoms with Crippen molar-refractivity contribution >= 4 is 34.6 Å². The summed E-state index contributed by atoms with van der Waals surface area (Å²) in [4.78, 5) is 32.5. The number of para-hydroxylation sites is 1. The molecule has 54 heavy (non-hydrogen) atoms. The lowest BCUT2D eigenvalue weighted by atomic mass is 10.0. The highest BCUT2D eigenvalue weighted by Crippen LogP contribution is 2.35. The van der Waals surface area contributed by atoms with Gasteiger partial charge in [-0.3, -0.25) is 9.20 Å². The maximum absolute atomic E-state index is 14.3. The standard InChI is InChI=1S/C41H42F2N8O2.CH4/c1-4-21-49(5-2)29-18-23-50(24-19-29)30-15-16-33(35(26-30)53-3)45-41-44-20-17-34(46-41)39-37(47-36-14-6-7-22-51(36)39)27-10-8-11-28(25-27)40(52)48-38-31(42)12-9-13-32(38)43;/h6-17,20,22,25-26,29H,4-5,18-19,21,23-24H2,1-3H3,(H,48,52)(H,44,45,46);1H4. The van der Waals surface area contributed by atoms with Crippen LogP contribution in [0.25, 0.3) is 28.3 Å². The molecule has 1 amide bonds. The van der Waals surface area contributed by atoms with Gasteiger partial charge in [-0.05, 0) is 86.9 Å². The number of hydrogen-bond donors (Lipinski definition) is 2. The van der Waals surface area contributed by atoms with Crippen LogP contribution in [0.5, 0.6) is 5.75 Å². The number of ether oxygens (including phenoxy) is 1. The number of amides is 1. The minimum absolute atomic E-state index is 0. The molecule has 0 radical (unpaired) electrons. The Labute approximate surface area is 314 Å². The molecule has 3 aromatic heterocycles. The van der Waals surface area contributed by atoms with E-state index in [4.69, 9.17) is 14.7 Å². The van der Waals surface area contributed by atoms with E-state index in [0.717, 1.165) is 62.5 Å². The minimum Gasteiger partial charge on any atom is -0.494 e. The van der Waals surface area contributed by atoms with Crippen molar-refractivity contribution in [2.24, 2.45) is 0 Å². The molecule has 0 unspecified atom stereocenters. The molecule has 1 fully saturated rings. The number of fused-ring (bicyclic) bond motifs is 1. The van der Waals surface area contributed by atoms with Crippen LogP contribution in [0.4, 0.5) is 31.8 Å². The molecule has 1 aliphatic heterocycles. The summed E-state index contributed by atoms with van der Waals surface area (Å²) in [6.45, 7) is 8.70. The SMILES string of the molecule is C.CCCN(CC)C1CCN(c2ccc(Nc3nccc(-c4c(-c5cccc(C(=O)Nc6c(F)cccc6F)c5)nc5ccccn45)n3)c(OC)c2)CC1. The molecule has 280 valence electrons. The van der Waals surface area contributed by atoms with Crippen LogP contribution in [0.3, 0.4) is 0 Å². The fraction of sp³-hybridized carbons (Fsp3) is 0.286. The molecule has 2 N–H and O–H groups in total. The van der Waals surface area contributed by atoms with Crippen molar-refractivity contribution < 1.29 is 18.3 Å². The Morgan fingerprint density at radius 2 is 1.72 bits per heavy atom. The van der Waals surface area contributed by atoms with E-state index in [1.807, 2.05) is 40.9 Å². The van der Waals surface area contributed by atoms with Gasteiger partial charge >= 0.3 is 0 Å². The maximum atomic E-state index is 14.3. The zero-order chi connectivity index (χ0) is 36.9. The number of aromatic nitrogens is 4. The summed E-state index contributed by atoms with van der Waals surface area (Å²) in [5, 5.41) is 5.71. The van der Waals surface area contributed by atoms with Crippen LogP contribution in [0, 0.1) is 11.6 Å². The Balaban J connectivity index is 0.00000497. The van der Waals surface area contributed by atoms with Gasteiger partial charge in [-0.2, -0.15) is 0 Å². The quantitative estimate of drug-likeness (QED) is 0.129. The number of carbonyl (C=O) groups is 1. The highest BCUT2D eigenvalue weighted by atomic mass is 19.1. The third-order valence-electron chi connectivity index (χ3n) is 9.72. The highest BCUT2D eigenvalue weighted by molar-refractivity contribution is 6.05. The van der Waals surface area contributed by atoms with Gasteiger partial charge in [-0.25, -0.2) is 23.7 Å². The lowest BCUT2D eigenvalue weighted by molar-refractivity contribution is 0.102. The smallest absolute Gasteiger partial charge is 0.255 e. The maximum Gasteiger partial charge on any atom is 0.255 e. The largest absolute Gasteiger partial charge is 0.494 e.